The molecule has 1 heterocycles. The van der Waals surface area contributed by atoms with Crippen molar-refractivity contribution >= 4 is 22.5 Å². The first-order valence-corrected chi connectivity index (χ1v) is 6.43. The third-order valence-corrected chi connectivity index (χ3v) is 3.11. The Morgan fingerprint density at radius 1 is 1.15 bits per heavy atom. The molecule has 0 fully saturated rings. The standard InChI is InChI=1S/C17H14N2O/c1-3-15-16(18-4-2)19-17(20-15)14-10-9-12-7-5-6-8-13(12)11-14/h3-11H,2H2,1H3/b15-3+,18-16+. The number of hydrogen-bond donors (Lipinski definition) is 0. The zero-order valence-electron chi connectivity index (χ0n) is 11.2. The van der Waals surface area contributed by atoms with Crippen LogP contribution in [-0.4, -0.2) is 11.7 Å². The maximum atomic E-state index is 5.74. The van der Waals surface area contributed by atoms with E-state index in [0.717, 1.165) is 10.9 Å². The van der Waals surface area contributed by atoms with E-state index in [9.17, 15) is 0 Å². The lowest BCUT2D eigenvalue weighted by Crippen LogP contribution is -2.00. The minimum absolute atomic E-state index is 0.561. The highest BCUT2D eigenvalue weighted by Crippen LogP contribution is 2.21. The number of hydrogen-bond acceptors (Lipinski definition) is 2. The largest absolute Gasteiger partial charge is 0.435 e. The lowest BCUT2D eigenvalue weighted by atomic mass is 10.1. The van der Waals surface area contributed by atoms with E-state index in [-0.39, 0.29) is 0 Å². The maximum Gasteiger partial charge on any atom is 0.228 e. The summed E-state index contributed by atoms with van der Waals surface area (Å²) in [5.41, 5.74) is 0.942. The minimum Gasteiger partial charge on any atom is -0.435 e. The van der Waals surface area contributed by atoms with Gasteiger partial charge in [-0.3, -0.25) is 0 Å². The zero-order chi connectivity index (χ0) is 13.9. The second-order valence-corrected chi connectivity index (χ2v) is 4.37. The van der Waals surface area contributed by atoms with E-state index in [1.165, 1.54) is 11.6 Å². The molecule has 2 aromatic carbocycles. The Morgan fingerprint density at radius 2 is 1.95 bits per heavy atom. The van der Waals surface area contributed by atoms with Crippen molar-refractivity contribution in [1.82, 2.24) is 0 Å². The number of fused-ring (bicyclic) bond motifs is 1. The average molecular weight is 262 g/mol. The molecule has 0 saturated carbocycles. The Bertz CT molecular complexity index is 769. The summed E-state index contributed by atoms with van der Waals surface area (Å²) in [6.45, 7) is 5.49. The second-order valence-electron chi connectivity index (χ2n) is 4.37. The first-order chi connectivity index (χ1) is 9.81. The van der Waals surface area contributed by atoms with Crippen LogP contribution in [0.15, 0.2) is 77.1 Å². The van der Waals surface area contributed by atoms with Gasteiger partial charge in [-0.15, -0.1) is 0 Å². The number of amidine groups is 1. The van der Waals surface area contributed by atoms with Gasteiger partial charge in [0.05, 0.1) is 0 Å². The number of aliphatic imine (C=N–C) groups is 2. The van der Waals surface area contributed by atoms with Gasteiger partial charge in [-0.25, -0.2) is 4.99 Å². The van der Waals surface area contributed by atoms with Gasteiger partial charge in [0.25, 0.3) is 0 Å². The van der Waals surface area contributed by atoms with E-state index in [0.29, 0.717) is 17.5 Å². The summed E-state index contributed by atoms with van der Waals surface area (Å²) < 4.78 is 5.74. The van der Waals surface area contributed by atoms with Crippen LogP contribution in [0, 0.1) is 0 Å². The van der Waals surface area contributed by atoms with Crippen molar-refractivity contribution in [3.63, 3.8) is 0 Å². The molecule has 0 radical (unpaired) electrons. The molecule has 1 aliphatic rings. The van der Waals surface area contributed by atoms with Crippen LogP contribution >= 0.6 is 0 Å². The van der Waals surface area contributed by atoms with Crippen molar-refractivity contribution < 1.29 is 4.74 Å². The lowest BCUT2D eigenvalue weighted by molar-refractivity contribution is 0.460. The van der Waals surface area contributed by atoms with Gasteiger partial charge in [0.1, 0.15) is 0 Å². The van der Waals surface area contributed by atoms with Crippen molar-refractivity contribution in [3.8, 4) is 0 Å². The monoisotopic (exact) mass is 262 g/mol. The zero-order valence-corrected chi connectivity index (χ0v) is 11.2. The van der Waals surface area contributed by atoms with Crippen LogP contribution in [0.2, 0.25) is 0 Å². The van der Waals surface area contributed by atoms with Gasteiger partial charge in [0, 0.05) is 11.8 Å². The fourth-order valence-electron chi connectivity index (χ4n) is 2.14. The average Bonchev–Trinajstić information content (AvgIpc) is 2.90. The lowest BCUT2D eigenvalue weighted by Gasteiger charge is -2.03. The smallest absolute Gasteiger partial charge is 0.228 e. The van der Waals surface area contributed by atoms with Crippen molar-refractivity contribution in [1.29, 1.82) is 0 Å². The molecular formula is C17H14N2O. The molecule has 2 aromatic rings. The highest BCUT2D eigenvalue weighted by molar-refractivity contribution is 6.15. The summed E-state index contributed by atoms with van der Waals surface area (Å²) in [6, 6.07) is 14.3. The minimum atomic E-state index is 0.561. The van der Waals surface area contributed by atoms with E-state index >= 15 is 0 Å². The number of benzene rings is 2. The molecule has 0 spiro atoms. The summed E-state index contributed by atoms with van der Waals surface area (Å²) in [7, 11) is 0. The normalized spacial score (nSPS) is 18.4. The molecule has 0 aromatic heterocycles. The molecule has 1 aliphatic heterocycles. The molecule has 0 bridgehead atoms. The van der Waals surface area contributed by atoms with Gasteiger partial charge in [0.2, 0.25) is 5.90 Å². The number of allylic oxidation sites excluding steroid dienone is 1. The predicted molar refractivity (Wildman–Crippen MR) is 83.0 cm³/mol. The van der Waals surface area contributed by atoms with Crippen molar-refractivity contribution in [2.45, 2.75) is 6.92 Å². The molecule has 20 heavy (non-hydrogen) atoms. The Kier molecular flexibility index (Phi) is 3.17. The first-order valence-electron chi connectivity index (χ1n) is 6.43. The van der Waals surface area contributed by atoms with E-state index in [1.54, 1.807) is 0 Å². The molecule has 0 unspecified atom stereocenters. The van der Waals surface area contributed by atoms with Crippen LogP contribution in [0.4, 0.5) is 0 Å². The van der Waals surface area contributed by atoms with Gasteiger partial charge in [-0.05, 0) is 35.9 Å². The van der Waals surface area contributed by atoms with Crippen LogP contribution in [-0.2, 0) is 4.74 Å². The van der Waals surface area contributed by atoms with E-state index < -0.39 is 0 Å². The summed E-state index contributed by atoms with van der Waals surface area (Å²) in [6.07, 6.45) is 3.31. The molecule has 3 rings (SSSR count). The summed E-state index contributed by atoms with van der Waals surface area (Å²) in [4.78, 5) is 8.53. The number of nitrogens with zero attached hydrogens (tertiary/aromatic N) is 2. The van der Waals surface area contributed by atoms with Crippen molar-refractivity contribution in [2.24, 2.45) is 9.98 Å². The molecule has 3 heteroatoms. The van der Waals surface area contributed by atoms with Gasteiger partial charge in [-0.1, -0.05) is 36.9 Å². The van der Waals surface area contributed by atoms with Gasteiger partial charge in [0.15, 0.2) is 11.6 Å². The summed E-state index contributed by atoms with van der Waals surface area (Å²) in [5, 5.41) is 2.36. The van der Waals surface area contributed by atoms with Crippen LogP contribution in [0.25, 0.3) is 10.8 Å². The first kappa shape index (κ1) is 12.4. The molecule has 0 N–H and O–H groups in total. The second kappa shape index (κ2) is 5.13. The fraction of sp³-hybridized carbons (Fsp3) is 0.0588. The Labute approximate surface area is 117 Å². The Hall–Kier alpha value is -2.68. The van der Waals surface area contributed by atoms with Gasteiger partial charge in [-0.2, -0.15) is 4.99 Å². The SMILES string of the molecule is C=C/N=C1/N=C(c2ccc3ccccc3c2)O/C1=C/C. The highest BCUT2D eigenvalue weighted by atomic mass is 16.5. The molecule has 0 atom stereocenters. The van der Waals surface area contributed by atoms with Crippen molar-refractivity contribution in [3.05, 3.63) is 72.6 Å². The third kappa shape index (κ3) is 2.14. The maximum absolute atomic E-state index is 5.74. The van der Waals surface area contributed by atoms with Crippen LogP contribution in [0.3, 0.4) is 0 Å². The number of rotatable bonds is 2. The van der Waals surface area contributed by atoms with Gasteiger partial charge >= 0.3 is 0 Å². The van der Waals surface area contributed by atoms with E-state index in [4.69, 9.17) is 4.74 Å². The van der Waals surface area contributed by atoms with E-state index in [2.05, 4.69) is 40.8 Å². The van der Waals surface area contributed by atoms with Crippen LogP contribution in [0.1, 0.15) is 12.5 Å². The number of ether oxygens (including phenoxy) is 1. The third-order valence-electron chi connectivity index (χ3n) is 3.11. The Morgan fingerprint density at radius 3 is 2.70 bits per heavy atom. The Balaban J connectivity index is 2.05. The van der Waals surface area contributed by atoms with Crippen LogP contribution < -0.4 is 0 Å². The summed E-state index contributed by atoms with van der Waals surface area (Å²) in [5.74, 6) is 1.79. The topological polar surface area (TPSA) is 34.0 Å². The molecule has 98 valence electrons. The van der Waals surface area contributed by atoms with E-state index in [1.807, 2.05) is 31.2 Å². The van der Waals surface area contributed by atoms with Crippen molar-refractivity contribution in [2.75, 3.05) is 0 Å². The fourth-order valence-corrected chi connectivity index (χ4v) is 2.14. The molecule has 0 amide bonds. The molecular weight excluding hydrogens is 248 g/mol. The summed E-state index contributed by atoms with van der Waals surface area (Å²) >= 11 is 0. The molecule has 3 nitrogen and oxygen atoms in total. The van der Waals surface area contributed by atoms with Gasteiger partial charge < -0.3 is 4.74 Å². The predicted octanol–water partition coefficient (Wildman–Crippen LogP) is 4.06. The molecule has 0 aliphatic carbocycles. The van der Waals surface area contributed by atoms with Crippen LogP contribution in [0.5, 0.6) is 0 Å². The molecule has 0 saturated heterocycles. The highest BCUT2D eigenvalue weighted by Gasteiger charge is 2.21. The quantitative estimate of drug-likeness (QED) is 0.803.